The lowest BCUT2D eigenvalue weighted by Crippen LogP contribution is -2.37. The molecular weight excluding hydrogens is 568 g/mol. The van der Waals surface area contributed by atoms with Crippen molar-refractivity contribution < 1.29 is 46.5 Å². The van der Waals surface area contributed by atoms with Gasteiger partial charge in [-0.25, -0.2) is 24.1 Å². The first-order chi connectivity index (χ1) is 19.2. The Labute approximate surface area is 231 Å². The molecular formula is C23H37N5O10P2. The largest absolute Gasteiger partial charge is 0.472 e. The summed E-state index contributed by atoms with van der Waals surface area (Å²) in [5.74, 6) is 0.158. The van der Waals surface area contributed by atoms with Crippen LogP contribution in [0.3, 0.4) is 0 Å². The van der Waals surface area contributed by atoms with Crippen molar-refractivity contribution in [2.75, 3.05) is 19.5 Å². The summed E-state index contributed by atoms with van der Waals surface area (Å²) in [6, 6.07) is 0. The van der Waals surface area contributed by atoms with E-state index in [2.05, 4.69) is 15.0 Å². The number of fused-ring (bicyclic) bond motifs is 1. The number of aromatic nitrogens is 4. The lowest BCUT2D eigenvalue weighted by atomic mass is 9.98. The van der Waals surface area contributed by atoms with Crippen molar-refractivity contribution in [3.8, 4) is 0 Å². The summed E-state index contributed by atoms with van der Waals surface area (Å²) in [5, 5.41) is 0. The van der Waals surface area contributed by atoms with E-state index in [0.29, 0.717) is 36.8 Å². The lowest BCUT2D eigenvalue weighted by Gasteiger charge is -2.29. The molecule has 2 aliphatic carbocycles. The molecule has 3 aliphatic rings. The molecule has 40 heavy (non-hydrogen) atoms. The third-order valence-electron chi connectivity index (χ3n) is 7.54. The van der Waals surface area contributed by atoms with E-state index in [1.165, 1.54) is 24.3 Å². The van der Waals surface area contributed by atoms with Crippen LogP contribution in [0.25, 0.3) is 11.2 Å². The molecule has 6 atom stereocenters. The van der Waals surface area contributed by atoms with Gasteiger partial charge in [0.2, 0.25) is 0 Å². The van der Waals surface area contributed by atoms with Crippen LogP contribution >= 0.6 is 15.6 Å². The molecule has 1 aliphatic heterocycles. The van der Waals surface area contributed by atoms with E-state index < -0.39 is 52.9 Å². The topological polar surface area (TPSA) is 200 Å². The summed E-state index contributed by atoms with van der Waals surface area (Å²) in [5.41, 5.74) is 6.59. The third-order valence-corrected chi connectivity index (χ3v) is 9.66. The molecule has 4 N–H and O–H groups in total. The summed E-state index contributed by atoms with van der Waals surface area (Å²) in [6.07, 6.45) is 5.86. The van der Waals surface area contributed by atoms with Gasteiger partial charge in [-0.15, -0.1) is 0 Å². The lowest BCUT2D eigenvalue weighted by molar-refractivity contribution is -0.0594. The van der Waals surface area contributed by atoms with Gasteiger partial charge in [0.15, 0.2) is 17.7 Å². The summed E-state index contributed by atoms with van der Waals surface area (Å²) >= 11 is 0. The number of anilines is 1. The van der Waals surface area contributed by atoms with Crippen LogP contribution in [-0.2, 0) is 36.7 Å². The monoisotopic (exact) mass is 605 g/mol. The normalized spacial score (nSPS) is 29.9. The molecule has 0 radical (unpaired) electrons. The van der Waals surface area contributed by atoms with Gasteiger partial charge in [-0.3, -0.25) is 22.7 Å². The van der Waals surface area contributed by atoms with Crippen molar-refractivity contribution in [1.82, 2.24) is 19.5 Å². The average molecular weight is 606 g/mol. The molecule has 0 aromatic carbocycles. The minimum absolute atomic E-state index is 0.158. The first-order valence-corrected chi connectivity index (χ1v) is 16.6. The van der Waals surface area contributed by atoms with Gasteiger partial charge >= 0.3 is 15.6 Å². The Morgan fingerprint density at radius 1 is 0.925 bits per heavy atom. The zero-order chi connectivity index (χ0) is 28.3. The van der Waals surface area contributed by atoms with E-state index in [1.54, 1.807) is 0 Å². The van der Waals surface area contributed by atoms with Crippen molar-refractivity contribution in [3.63, 3.8) is 0 Å². The van der Waals surface area contributed by atoms with Crippen LogP contribution in [0.5, 0.6) is 0 Å². The second-order valence-corrected chi connectivity index (χ2v) is 13.1. The molecule has 0 spiro atoms. The first kappa shape index (κ1) is 30.0. The van der Waals surface area contributed by atoms with Crippen LogP contribution in [0.2, 0.25) is 0 Å². The zero-order valence-corrected chi connectivity index (χ0v) is 24.1. The van der Waals surface area contributed by atoms with Crippen LogP contribution < -0.4 is 5.73 Å². The van der Waals surface area contributed by atoms with E-state index in [9.17, 15) is 18.9 Å². The number of rotatable bonds is 11. The smallest absolute Gasteiger partial charge is 0.382 e. The zero-order valence-electron chi connectivity index (χ0n) is 22.3. The Hall–Kier alpha value is -1.51. The number of nitrogen functional groups attached to an aromatic ring is 1. The highest BCUT2D eigenvalue weighted by atomic mass is 31.2. The van der Waals surface area contributed by atoms with Crippen molar-refractivity contribution >= 4 is 32.6 Å². The second-order valence-electron chi connectivity index (χ2n) is 10.4. The van der Waals surface area contributed by atoms with Gasteiger partial charge in [0.05, 0.1) is 25.1 Å². The van der Waals surface area contributed by atoms with Crippen molar-refractivity contribution in [3.05, 3.63) is 12.7 Å². The number of hydrogen-bond donors (Lipinski definition) is 3. The molecule has 3 heterocycles. The summed E-state index contributed by atoms with van der Waals surface area (Å²) < 4.78 is 61.1. The number of phosphoric ester groups is 2. The molecule has 1 saturated heterocycles. The van der Waals surface area contributed by atoms with Crippen molar-refractivity contribution in [2.24, 2.45) is 0 Å². The highest BCUT2D eigenvalue weighted by molar-refractivity contribution is 7.47. The predicted molar refractivity (Wildman–Crippen MR) is 141 cm³/mol. The van der Waals surface area contributed by atoms with Crippen LogP contribution in [0.15, 0.2) is 12.7 Å². The average Bonchev–Trinajstić information content (AvgIpc) is 3.49. The molecule has 224 valence electrons. The van der Waals surface area contributed by atoms with Gasteiger partial charge in [0.25, 0.3) is 0 Å². The molecule has 0 amide bonds. The maximum atomic E-state index is 13.1. The molecule has 2 unspecified atom stereocenters. The molecule has 3 fully saturated rings. The molecule has 2 saturated carbocycles. The van der Waals surface area contributed by atoms with Gasteiger partial charge in [-0.05, 0) is 25.7 Å². The molecule has 0 bridgehead atoms. The number of hydrogen-bond acceptors (Lipinski definition) is 12. The number of imidazole rings is 1. The summed E-state index contributed by atoms with van der Waals surface area (Å²) in [7, 11) is -7.68. The van der Waals surface area contributed by atoms with Crippen LogP contribution in [0.4, 0.5) is 5.82 Å². The van der Waals surface area contributed by atoms with E-state index in [-0.39, 0.29) is 11.9 Å². The number of ether oxygens (including phenoxy) is 2. The second kappa shape index (κ2) is 12.8. The third kappa shape index (κ3) is 7.09. The van der Waals surface area contributed by atoms with Gasteiger partial charge in [0, 0.05) is 7.11 Å². The maximum absolute atomic E-state index is 13.1. The Morgan fingerprint density at radius 2 is 1.55 bits per heavy atom. The van der Waals surface area contributed by atoms with E-state index in [1.807, 2.05) is 0 Å². The van der Waals surface area contributed by atoms with Crippen LogP contribution in [0.1, 0.15) is 70.4 Å². The van der Waals surface area contributed by atoms with Gasteiger partial charge in [-0.2, -0.15) is 0 Å². The number of nitrogens with two attached hydrogens (primary N) is 1. The Bertz CT molecular complexity index is 1240. The van der Waals surface area contributed by atoms with E-state index >= 15 is 0 Å². The molecule has 15 nitrogen and oxygen atoms in total. The quantitative estimate of drug-likeness (QED) is 0.314. The fourth-order valence-electron chi connectivity index (χ4n) is 5.60. The molecule has 2 aromatic heterocycles. The van der Waals surface area contributed by atoms with E-state index in [4.69, 9.17) is 33.3 Å². The fourth-order valence-corrected chi connectivity index (χ4v) is 7.78. The number of phosphoric acid groups is 2. The first-order valence-electron chi connectivity index (χ1n) is 13.6. The maximum Gasteiger partial charge on any atom is 0.472 e. The molecule has 2 aromatic rings. The predicted octanol–water partition coefficient (Wildman–Crippen LogP) is 3.62. The highest BCUT2D eigenvalue weighted by Gasteiger charge is 2.51. The minimum Gasteiger partial charge on any atom is -0.382 e. The Kier molecular flexibility index (Phi) is 9.58. The summed E-state index contributed by atoms with van der Waals surface area (Å²) in [4.78, 5) is 33.5. The van der Waals surface area contributed by atoms with Gasteiger partial charge in [0.1, 0.15) is 30.2 Å². The van der Waals surface area contributed by atoms with Crippen molar-refractivity contribution in [2.45, 2.75) is 101 Å². The molecule has 5 rings (SSSR count). The highest BCUT2D eigenvalue weighted by Crippen LogP contribution is 2.53. The SMILES string of the molecule is CO[C@@H]1[C@H](OP(=O)(O)OC2CCCCC2)[C@@H](COP(=O)(O)OC2CCCCC2)O[C@H]1n1cnc2c(N)ncnc21. The standard InChI is InChI=1S/C23H37N5O10P2/c1-33-20-19(38-40(31,32)37-16-10-6-3-7-11-16)17(12-34-39(29,30)36-15-8-4-2-5-9-15)35-23(20)28-14-27-18-21(24)25-13-26-22(18)28/h13-17,19-20,23H,2-12H2,1H3,(H,29,30)(H,31,32)(H2,24,25,26)/t17-,19-,20-,23-/m1/s1. The van der Waals surface area contributed by atoms with Crippen LogP contribution in [0, 0.1) is 0 Å². The van der Waals surface area contributed by atoms with Gasteiger partial charge in [-0.1, -0.05) is 38.5 Å². The van der Waals surface area contributed by atoms with Crippen LogP contribution in [-0.4, -0.2) is 73.5 Å². The minimum atomic E-state index is -4.60. The number of nitrogens with zero attached hydrogens (tertiary/aromatic N) is 4. The van der Waals surface area contributed by atoms with Crippen molar-refractivity contribution in [1.29, 1.82) is 0 Å². The van der Waals surface area contributed by atoms with Gasteiger partial charge < -0.3 is 25.0 Å². The Morgan fingerprint density at radius 3 is 2.17 bits per heavy atom. The summed E-state index contributed by atoms with van der Waals surface area (Å²) in [6.45, 7) is -0.491. The fraction of sp³-hybridized carbons (Fsp3) is 0.783. The van der Waals surface area contributed by atoms with E-state index in [0.717, 1.165) is 38.5 Å². The number of methoxy groups -OCH3 is 1. The Balaban J connectivity index is 1.37. The molecule has 17 heteroatoms.